The van der Waals surface area contributed by atoms with Crippen LogP contribution in [0.2, 0.25) is 0 Å². The molecule has 1 aromatic carbocycles. The number of hydrogen-bond donors (Lipinski definition) is 2. The van der Waals surface area contributed by atoms with E-state index in [1.54, 1.807) is 48.0 Å². The molecule has 4 rings (SSSR count). The maximum Gasteiger partial charge on any atom is 0.258 e. The lowest BCUT2D eigenvalue weighted by molar-refractivity contribution is -0.152. The molecule has 2 aromatic rings. The Morgan fingerprint density at radius 3 is 2.68 bits per heavy atom. The molecular formula is C17H20N6O4S. The molecule has 2 unspecified atom stereocenters. The zero-order valence-corrected chi connectivity index (χ0v) is 16.4. The fraction of sp³-hybridized carbons (Fsp3) is 0.471. The van der Waals surface area contributed by atoms with Gasteiger partial charge in [-0.2, -0.15) is 0 Å². The Morgan fingerprint density at radius 1 is 1.32 bits per heavy atom. The molecule has 3 atom stereocenters. The predicted octanol–water partition coefficient (Wildman–Crippen LogP) is 0.507. The average Bonchev–Trinajstić information content (AvgIpc) is 3.29. The van der Waals surface area contributed by atoms with Crippen molar-refractivity contribution < 1.29 is 19.1 Å². The lowest BCUT2D eigenvalue weighted by Gasteiger charge is -2.44. The molecule has 0 spiro atoms. The van der Waals surface area contributed by atoms with Crippen LogP contribution in [0.3, 0.4) is 0 Å². The molecule has 0 radical (unpaired) electrons. The molecule has 2 aliphatic rings. The summed E-state index contributed by atoms with van der Waals surface area (Å²) >= 11 is 1.62. The molecule has 148 valence electrons. The van der Waals surface area contributed by atoms with E-state index >= 15 is 0 Å². The first-order chi connectivity index (χ1) is 13.4. The Balaban J connectivity index is 1.36. The largest absolute Gasteiger partial charge is 0.497 e. The van der Waals surface area contributed by atoms with Gasteiger partial charge < -0.3 is 19.7 Å². The molecule has 0 bridgehead atoms. The Kier molecular flexibility index (Phi) is 4.61. The molecule has 1 aromatic heterocycles. The number of nitrogens with one attached hydrogen (secondary N) is 2. The summed E-state index contributed by atoms with van der Waals surface area (Å²) in [6, 6.07) is 6.07. The first-order valence-electron chi connectivity index (χ1n) is 8.70. The molecule has 2 amide bonds. The fourth-order valence-corrected chi connectivity index (χ4v) is 5.14. The van der Waals surface area contributed by atoms with Gasteiger partial charge in [0, 0.05) is 4.75 Å². The van der Waals surface area contributed by atoms with Crippen molar-refractivity contribution in [3.63, 3.8) is 0 Å². The van der Waals surface area contributed by atoms with Gasteiger partial charge in [-0.15, -0.1) is 16.9 Å². The highest BCUT2D eigenvalue weighted by molar-refractivity contribution is 8.01. The average molecular weight is 404 g/mol. The number of nitrogens with zero attached hydrogens (tertiary/aromatic N) is 4. The van der Waals surface area contributed by atoms with Gasteiger partial charge in [0.1, 0.15) is 29.0 Å². The number of carbonyl (C=O) groups excluding carboxylic acids is 2. The third-order valence-electron chi connectivity index (χ3n) is 4.81. The highest BCUT2D eigenvalue weighted by atomic mass is 32.2. The van der Waals surface area contributed by atoms with Gasteiger partial charge in [-0.3, -0.25) is 9.59 Å². The zero-order valence-electron chi connectivity index (χ0n) is 15.6. The molecule has 2 fully saturated rings. The highest BCUT2D eigenvalue weighted by Crippen LogP contribution is 2.56. The van der Waals surface area contributed by atoms with Crippen LogP contribution in [-0.4, -0.2) is 67.2 Å². The topological polar surface area (TPSA) is 122 Å². The minimum Gasteiger partial charge on any atom is -0.497 e. The number of methoxy groups -OCH3 is 1. The van der Waals surface area contributed by atoms with Crippen molar-refractivity contribution in [2.24, 2.45) is 0 Å². The second-order valence-corrected chi connectivity index (χ2v) is 8.83. The number of tetrazole rings is 1. The van der Waals surface area contributed by atoms with E-state index in [0.29, 0.717) is 17.3 Å². The van der Waals surface area contributed by atoms with Crippen molar-refractivity contribution in [1.82, 2.24) is 30.8 Å². The Morgan fingerprint density at radius 2 is 2.04 bits per heavy atom. The van der Waals surface area contributed by atoms with Crippen molar-refractivity contribution in [3.05, 3.63) is 30.1 Å². The third-order valence-corrected chi connectivity index (χ3v) is 6.38. The molecular weight excluding hydrogens is 384 g/mol. The van der Waals surface area contributed by atoms with Gasteiger partial charge in [-0.05, 0) is 48.5 Å². The van der Waals surface area contributed by atoms with E-state index in [1.807, 2.05) is 13.8 Å². The molecule has 0 saturated carbocycles. The first-order valence-corrected chi connectivity index (χ1v) is 9.58. The summed E-state index contributed by atoms with van der Waals surface area (Å²) < 4.78 is 10.3. The Hall–Kier alpha value is -2.82. The van der Waals surface area contributed by atoms with Gasteiger partial charge in [-0.1, -0.05) is 0 Å². The van der Waals surface area contributed by atoms with Gasteiger partial charge in [0.15, 0.2) is 12.4 Å². The van der Waals surface area contributed by atoms with Crippen LogP contribution in [0.15, 0.2) is 24.3 Å². The first kappa shape index (κ1) is 18.5. The number of H-pyrrole nitrogens is 1. The van der Waals surface area contributed by atoms with Crippen molar-refractivity contribution in [2.45, 2.75) is 36.1 Å². The number of amides is 2. The Bertz CT molecular complexity index is 872. The smallest absolute Gasteiger partial charge is 0.258 e. The molecule has 2 N–H and O–H groups in total. The van der Waals surface area contributed by atoms with E-state index in [4.69, 9.17) is 9.47 Å². The van der Waals surface area contributed by atoms with Crippen LogP contribution in [0.5, 0.6) is 11.5 Å². The van der Waals surface area contributed by atoms with Crippen LogP contribution < -0.4 is 14.8 Å². The number of benzene rings is 1. The highest BCUT2D eigenvalue weighted by Gasteiger charge is 2.63. The molecule has 2 saturated heterocycles. The van der Waals surface area contributed by atoms with E-state index in [1.165, 1.54) is 0 Å². The standard InChI is InChI=1S/C17H20N6O4S/c1-17(2)13(14-19-21-22-20-14)23-15(25)12(16(23)28-17)18-11(24)8-27-10-6-4-9(26-3)5-7-10/h4-7,12-13,16H,8H2,1-3H3,(H,18,24)(H,19,20,21,22)/t12?,13?,16-/m0/s1. The fourth-order valence-electron chi connectivity index (χ4n) is 3.51. The number of aromatic nitrogens is 4. The quantitative estimate of drug-likeness (QED) is 0.668. The van der Waals surface area contributed by atoms with Gasteiger partial charge in [0.25, 0.3) is 5.91 Å². The number of rotatable bonds is 6. The summed E-state index contributed by atoms with van der Waals surface area (Å²) in [6.45, 7) is 3.89. The Labute approximate surface area is 165 Å². The van der Waals surface area contributed by atoms with Gasteiger partial charge in [0.05, 0.1) is 7.11 Å². The zero-order chi connectivity index (χ0) is 19.9. The number of fused-ring (bicyclic) bond motifs is 1. The minimum atomic E-state index is -0.586. The van der Waals surface area contributed by atoms with Crippen molar-refractivity contribution >= 4 is 23.6 Å². The van der Waals surface area contributed by atoms with Crippen LogP contribution >= 0.6 is 11.8 Å². The van der Waals surface area contributed by atoms with Crippen LogP contribution in [0.1, 0.15) is 25.7 Å². The minimum absolute atomic E-state index is 0.151. The predicted molar refractivity (Wildman–Crippen MR) is 99.6 cm³/mol. The molecule has 10 nitrogen and oxygen atoms in total. The number of aromatic amines is 1. The number of ether oxygens (including phenoxy) is 2. The molecule has 28 heavy (non-hydrogen) atoms. The van der Waals surface area contributed by atoms with Crippen molar-refractivity contribution in [1.29, 1.82) is 0 Å². The second-order valence-electron chi connectivity index (χ2n) is 7.06. The second kappa shape index (κ2) is 6.97. The van der Waals surface area contributed by atoms with Crippen LogP contribution in [0.4, 0.5) is 0 Å². The van der Waals surface area contributed by atoms with Gasteiger partial charge in [0.2, 0.25) is 5.91 Å². The van der Waals surface area contributed by atoms with E-state index in [9.17, 15) is 9.59 Å². The lowest BCUT2D eigenvalue weighted by Crippen LogP contribution is -2.68. The summed E-state index contributed by atoms with van der Waals surface area (Å²) in [7, 11) is 1.58. The number of β-lactam (4-membered cyclic amide) rings is 1. The number of thioether (sulfide) groups is 1. The summed E-state index contributed by atoms with van der Waals surface area (Å²) in [5.74, 6) is 1.29. The maximum atomic E-state index is 12.7. The molecule has 0 aliphatic carbocycles. The summed E-state index contributed by atoms with van der Waals surface area (Å²) in [4.78, 5) is 26.7. The van der Waals surface area contributed by atoms with E-state index in [0.717, 1.165) is 0 Å². The molecule has 2 aliphatic heterocycles. The van der Waals surface area contributed by atoms with Crippen LogP contribution in [-0.2, 0) is 9.59 Å². The lowest BCUT2D eigenvalue weighted by atomic mass is 9.95. The van der Waals surface area contributed by atoms with E-state index in [2.05, 4.69) is 25.9 Å². The van der Waals surface area contributed by atoms with Crippen LogP contribution in [0, 0.1) is 0 Å². The van der Waals surface area contributed by atoms with Crippen molar-refractivity contribution in [3.8, 4) is 11.5 Å². The molecule has 11 heteroatoms. The summed E-state index contributed by atoms with van der Waals surface area (Å²) in [5, 5.41) is 16.5. The van der Waals surface area contributed by atoms with Gasteiger partial charge in [-0.25, -0.2) is 5.10 Å². The van der Waals surface area contributed by atoms with E-state index in [-0.39, 0.29) is 34.6 Å². The number of carbonyl (C=O) groups is 2. The monoisotopic (exact) mass is 404 g/mol. The summed E-state index contributed by atoms with van der Waals surface area (Å²) in [5.41, 5.74) is 0. The van der Waals surface area contributed by atoms with Crippen LogP contribution in [0.25, 0.3) is 0 Å². The summed E-state index contributed by atoms with van der Waals surface area (Å²) in [6.07, 6.45) is 0. The maximum absolute atomic E-state index is 12.7. The molecule has 3 heterocycles. The van der Waals surface area contributed by atoms with E-state index < -0.39 is 6.04 Å². The SMILES string of the molecule is COc1ccc(OCC(=O)NC2C(=O)N3C(c4nnn[nH]4)C(C)(C)S[C@@H]23)cc1. The van der Waals surface area contributed by atoms with Crippen molar-refractivity contribution in [2.75, 3.05) is 13.7 Å². The normalized spacial score (nSPS) is 25.0. The number of hydrogen-bond acceptors (Lipinski definition) is 8. The van der Waals surface area contributed by atoms with Gasteiger partial charge >= 0.3 is 0 Å². The third kappa shape index (κ3) is 3.15.